The SMILES string of the molecule is Cn1c(-c2ccc(Cl)cc2)cc2oc(C=C3C(=O)c4cc(Cl)c(Cl)cc4C3=O)cc21. The number of ketones is 2. The summed E-state index contributed by atoms with van der Waals surface area (Å²) in [5.74, 6) is -0.369. The second kappa shape index (κ2) is 6.88. The van der Waals surface area contributed by atoms with Crippen LogP contribution in [-0.2, 0) is 7.05 Å². The topological polar surface area (TPSA) is 52.2 Å². The molecule has 2 aromatic carbocycles. The minimum absolute atomic E-state index is 0.0281. The molecule has 1 aliphatic carbocycles. The predicted octanol–water partition coefficient (Wildman–Crippen LogP) is 6.86. The maximum atomic E-state index is 12.7. The van der Waals surface area contributed by atoms with E-state index in [1.54, 1.807) is 6.07 Å². The number of halogens is 3. The summed E-state index contributed by atoms with van der Waals surface area (Å²) < 4.78 is 7.88. The van der Waals surface area contributed by atoms with Crippen molar-refractivity contribution in [1.82, 2.24) is 4.57 Å². The molecule has 0 spiro atoms. The van der Waals surface area contributed by atoms with Crippen molar-refractivity contribution in [3.05, 3.63) is 86.1 Å². The van der Waals surface area contributed by atoms with Crippen molar-refractivity contribution in [2.75, 3.05) is 0 Å². The van der Waals surface area contributed by atoms with E-state index >= 15 is 0 Å². The Labute approximate surface area is 186 Å². The fourth-order valence-corrected chi connectivity index (χ4v) is 4.14. The van der Waals surface area contributed by atoms with Gasteiger partial charge in [0.25, 0.3) is 0 Å². The van der Waals surface area contributed by atoms with Crippen LogP contribution in [0.4, 0.5) is 0 Å². The third-order valence-electron chi connectivity index (χ3n) is 5.22. The summed E-state index contributed by atoms with van der Waals surface area (Å²) in [7, 11) is 1.92. The largest absolute Gasteiger partial charge is 0.455 e. The number of carbonyl (C=O) groups is 2. The molecule has 0 atom stereocenters. The van der Waals surface area contributed by atoms with Gasteiger partial charge in [-0.15, -0.1) is 0 Å². The molecular formula is C23H12Cl3NO3. The van der Waals surface area contributed by atoms with Gasteiger partial charge in [-0.25, -0.2) is 0 Å². The molecule has 2 heterocycles. The summed E-state index contributed by atoms with van der Waals surface area (Å²) in [4.78, 5) is 25.4. The highest BCUT2D eigenvalue weighted by Crippen LogP contribution is 2.35. The molecule has 0 unspecified atom stereocenters. The van der Waals surface area contributed by atoms with Crippen LogP contribution in [0.2, 0.25) is 15.1 Å². The van der Waals surface area contributed by atoms with Crippen LogP contribution >= 0.6 is 34.8 Å². The standard InChI is InChI=1S/C23H12Cl3NO3/c1-27-19(11-2-4-12(24)5-3-11)10-21-20(27)7-13(30-21)6-16-22(28)14-8-17(25)18(26)9-15(14)23(16)29/h2-10H,1H3. The molecular weight excluding hydrogens is 445 g/mol. The Bertz CT molecular complexity index is 1360. The van der Waals surface area contributed by atoms with Crippen molar-refractivity contribution in [2.45, 2.75) is 0 Å². The maximum absolute atomic E-state index is 12.7. The third kappa shape index (κ3) is 2.91. The monoisotopic (exact) mass is 455 g/mol. The number of aryl methyl sites for hydroxylation is 1. The van der Waals surface area contributed by atoms with Crippen molar-refractivity contribution in [3.8, 4) is 11.3 Å². The van der Waals surface area contributed by atoms with E-state index in [1.165, 1.54) is 18.2 Å². The van der Waals surface area contributed by atoms with Crippen molar-refractivity contribution < 1.29 is 14.0 Å². The number of carbonyl (C=O) groups excluding carboxylic acids is 2. The average Bonchev–Trinajstić information content (AvgIpc) is 3.32. The fraction of sp³-hybridized carbons (Fsp3) is 0.0435. The summed E-state index contributed by atoms with van der Waals surface area (Å²) in [5.41, 5.74) is 3.98. The smallest absolute Gasteiger partial charge is 0.197 e. The van der Waals surface area contributed by atoms with Crippen LogP contribution < -0.4 is 0 Å². The summed E-state index contributed by atoms with van der Waals surface area (Å²) in [6, 6.07) is 14.1. The third-order valence-corrected chi connectivity index (χ3v) is 6.19. The van der Waals surface area contributed by atoms with Gasteiger partial charge in [0.15, 0.2) is 17.1 Å². The first-order chi connectivity index (χ1) is 14.3. The lowest BCUT2D eigenvalue weighted by Crippen LogP contribution is -1.99. The predicted molar refractivity (Wildman–Crippen MR) is 119 cm³/mol. The molecule has 0 saturated heterocycles. The van der Waals surface area contributed by atoms with Crippen molar-refractivity contribution in [1.29, 1.82) is 0 Å². The number of hydrogen-bond acceptors (Lipinski definition) is 3. The molecule has 0 bridgehead atoms. The number of hydrogen-bond donors (Lipinski definition) is 0. The van der Waals surface area contributed by atoms with Gasteiger partial charge in [0.2, 0.25) is 0 Å². The number of fused-ring (bicyclic) bond motifs is 2. The molecule has 1 aliphatic rings. The highest BCUT2D eigenvalue weighted by atomic mass is 35.5. The Hall–Kier alpha value is -2.79. The van der Waals surface area contributed by atoms with Gasteiger partial charge in [0, 0.05) is 35.3 Å². The molecule has 0 saturated carbocycles. The number of nitrogens with zero attached hydrogens (tertiary/aromatic N) is 1. The Morgan fingerprint density at radius 1 is 0.867 bits per heavy atom. The van der Waals surface area contributed by atoms with Crippen LogP contribution in [0, 0.1) is 0 Å². The Balaban J connectivity index is 1.55. The van der Waals surface area contributed by atoms with Gasteiger partial charge in [0.1, 0.15) is 5.76 Å². The van der Waals surface area contributed by atoms with E-state index in [9.17, 15) is 9.59 Å². The molecule has 4 aromatic rings. The molecule has 148 valence electrons. The van der Waals surface area contributed by atoms with Gasteiger partial charge < -0.3 is 8.98 Å². The number of rotatable bonds is 2. The van der Waals surface area contributed by atoms with Gasteiger partial charge in [-0.1, -0.05) is 46.9 Å². The zero-order valence-corrected chi connectivity index (χ0v) is 17.8. The van der Waals surface area contributed by atoms with Crippen LogP contribution in [-0.4, -0.2) is 16.1 Å². The lowest BCUT2D eigenvalue weighted by molar-refractivity contribution is 0.0990. The lowest BCUT2D eigenvalue weighted by Gasteiger charge is -2.03. The highest BCUT2D eigenvalue weighted by molar-refractivity contribution is 6.46. The van der Waals surface area contributed by atoms with E-state index < -0.39 is 11.6 Å². The number of allylic oxidation sites excluding steroid dienone is 1. The molecule has 4 nitrogen and oxygen atoms in total. The zero-order valence-electron chi connectivity index (χ0n) is 15.5. The molecule has 0 amide bonds. The summed E-state index contributed by atoms with van der Waals surface area (Å²) >= 11 is 18.0. The number of aromatic nitrogens is 1. The Morgan fingerprint density at radius 3 is 2.03 bits per heavy atom. The maximum Gasteiger partial charge on any atom is 0.197 e. The first-order valence-corrected chi connectivity index (χ1v) is 10.1. The number of furan rings is 1. The van der Waals surface area contributed by atoms with Crippen LogP contribution in [0.25, 0.3) is 28.4 Å². The summed E-state index contributed by atoms with van der Waals surface area (Å²) in [6.45, 7) is 0. The molecule has 0 N–H and O–H groups in total. The van der Waals surface area contributed by atoms with E-state index in [4.69, 9.17) is 39.2 Å². The van der Waals surface area contributed by atoms with Gasteiger partial charge in [-0.2, -0.15) is 0 Å². The fourth-order valence-electron chi connectivity index (χ4n) is 3.69. The van der Waals surface area contributed by atoms with Gasteiger partial charge in [-0.3, -0.25) is 9.59 Å². The number of benzene rings is 2. The zero-order chi connectivity index (χ0) is 21.2. The molecule has 2 aromatic heterocycles. The minimum Gasteiger partial charge on any atom is -0.455 e. The molecule has 7 heteroatoms. The van der Waals surface area contributed by atoms with Crippen molar-refractivity contribution in [3.63, 3.8) is 0 Å². The van der Waals surface area contributed by atoms with E-state index in [0.717, 1.165) is 16.8 Å². The highest BCUT2D eigenvalue weighted by Gasteiger charge is 2.34. The second-order valence-electron chi connectivity index (χ2n) is 7.02. The molecule has 30 heavy (non-hydrogen) atoms. The molecule has 0 aliphatic heterocycles. The van der Waals surface area contributed by atoms with Gasteiger partial charge in [-0.05, 0) is 35.9 Å². The number of Topliss-reactive ketones (excluding diaryl/α,β-unsaturated/α-hetero) is 2. The van der Waals surface area contributed by atoms with Gasteiger partial charge >= 0.3 is 0 Å². The quantitative estimate of drug-likeness (QED) is 0.244. The van der Waals surface area contributed by atoms with E-state index in [0.29, 0.717) is 16.4 Å². The average molecular weight is 457 g/mol. The normalized spacial score (nSPS) is 13.4. The first kappa shape index (κ1) is 19.2. The Kier molecular flexibility index (Phi) is 4.40. The summed E-state index contributed by atoms with van der Waals surface area (Å²) in [6.07, 6.45) is 1.47. The molecule has 0 fully saturated rings. The van der Waals surface area contributed by atoms with Crippen LogP contribution in [0.5, 0.6) is 0 Å². The molecule has 0 radical (unpaired) electrons. The minimum atomic E-state index is -0.393. The van der Waals surface area contributed by atoms with Crippen LogP contribution in [0.1, 0.15) is 26.5 Å². The van der Waals surface area contributed by atoms with E-state index in [-0.39, 0.29) is 26.7 Å². The summed E-state index contributed by atoms with van der Waals surface area (Å²) in [5, 5.41) is 1.13. The Morgan fingerprint density at radius 2 is 1.47 bits per heavy atom. The lowest BCUT2D eigenvalue weighted by atomic mass is 10.1. The van der Waals surface area contributed by atoms with E-state index in [2.05, 4.69) is 0 Å². The first-order valence-electron chi connectivity index (χ1n) is 8.99. The van der Waals surface area contributed by atoms with E-state index in [1.807, 2.05) is 41.9 Å². The second-order valence-corrected chi connectivity index (χ2v) is 8.27. The van der Waals surface area contributed by atoms with Crippen molar-refractivity contribution >= 4 is 63.5 Å². The van der Waals surface area contributed by atoms with Crippen LogP contribution in [0.3, 0.4) is 0 Å². The van der Waals surface area contributed by atoms with Gasteiger partial charge in [0.05, 0.1) is 26.8 Å². The molecule has 5 rings (SSSR count). The van der Waals surface area contributed by atoms with Crippen LogP contribution in [0.15, 0.2) is 58.5 Å². The van der Waals surface area contributed by atoms with Crippen molar-refractivity contribution in [2.24, 2.45) is 7.05 Å².